The van der Waals surface area contributed by atoms with Crippen molar-refractivity contribution >= 4 is 11.6 Å². The predicted molar refractivity (Wildman–Crippen MR) is 54.0 cm³/mol. The Kier molecular flexibility index (Phi) is 4.50. The van der Waals surface area contributed by atoms with Gasteiger partial charge >= 0.3 is 29.6 Å². The summed E-state index contributed by atoms with van der Waals surface area (Å²) in [4.78, 5) is 12.1. The molecule has 0 spiro atoms. The van der Waals surface area contributed by atoms with Gasteiger partial charge in [0.05, 0.1) is 0 Å². The topological polar surface area (TPSA) is 109 Å². The van der Waals surface area contributed by atoms with Gasteiger partial charge in [0.1, 0.15) is 0 Å². The monoisotopic (exact) mass is 241 g/mol. The number of benzene rings is 1. The molecule has 0 saturated carbocycles. The fraction of sp³-hybridized carbons (Fsp3) is 0. The summed E-state index contributed by atoms with van der Waals surface area (Å²) in [6, 6.07) is 8.70. The number of anilines is 1. The zero-order valence-electron chi connectivity index (χ0n) is 9.12. The van der Waals surface area contributed by atoms with Crippen molar-refractivity contribution in [1.29, 1.82) is 0 Å². The van der Waals surface area contributed by atoms with Crippen LogP contribution >= 0.6 is 0 Å². The van der Waals surface area contributed by atoms with Crippen molar-refractivity contribution in [3.05, 3.63) is 36.0 Å². The second-order valence-corrected chi connectivity index (χ2v) is 3.01. The van der Waals surface area contributed by atoms with Crippen LogP contribution in [0.1, 0.15) is 10.5 Å². The van der Waals surface area contributed by atoms with Gasteiger partial charge < -0.3 is 16.3 Å². The van der Waals surface area contributed by atoms with Crippen molar-refractivity contribution in [1.82, 2.24) is 15.1 Å². The van der Waals surface area contributed by atoms with Gasteiger partial charge in [-0.15, -0.1) is 5.10 Å². The molecule has 3 N–H and O–H groups in total. The van der Waals surface area contributed by atoms with Crippen LogP contribution in [-0.4, -0.2) is 21.0 Å². The second kappa shape index (κ2) is 5.67. The van der Waals surface area contributed by atoms with Crippen molar-refractivity contribution in [2.75, 3.05) is 11.2 Å². The van der Waals surface area contributed by atoms with E-state index in [0.717, 1.165) is 0 Å². The van der Waals surface area contributed by atoms with E-state index in [1.54, 1.807) is 24.3 Å². The first-order valence-electron chi connectivity index (χ1n) is 4.42. The first-order chi connectivity index (χ1) is 7.68. The van der Waals surface area contributed by atoms with Crippen LogP contribution in [0.3, 0.4) is 0 Å². The average molecular weight is 241 g/mol. The number of carbonyl (C=O) groups is 1. The van der Waals surface area contributed by atoms with Gasteiger partial charge in [-0.2, -0.15) is 4.79 Å². The Morgan fingerprint density at radius 3 is 2.53 bits per heavy atom. The summed E-state index contributed by atoms with van der Waals surface area (Å²) >= 11 is 0. The Bertz CT molecular complexity index is 513. The van der Waals surface area contributed by atoms with E-state index in [9.17, 15) is 9.90 Å². The maximum absolute atomic E-state index is 11.6. The molecule has 0 radical (unpaired) electrons. The number of nitrogens with zero attached hydrogens (tertiary/aromatic N) is 3. The quantitative estimate of drug-likeness (QED) is 0.416. The Balaban J connectivity index is 0.00000144. The molecule has 7 nitrogen and oxygen atoms in total. The summed E-state index contributed by atoms with van der Waals surface area (Å²) in [7, 11) is 0. The van der Waals surface area contributed by atoms with Gasteiger partial charge in [-0.05, 0) is 17.3 Å². The fourth-order valence-electron chi connectivity index (χ4n) is 1.14. The number of hydrogen-bond acceptors (Lipinski definition) is 5. The van der Waals surface area contributed by atoms with Crippen LogP contribution in [0.15, 0.2) is 30.3 Å². The van der Waals surface area contributed by atoms with Crippen molar-refractivity contribution < 1.29 is 39.5 Å². The van der Waals surface area contributed by atoms with Crippen LogP contribution in [0.25, 0.3) is 0 Å². The van der Waals surface area contributed by atoms with Gasteiger partial charge in [-0.1, -0.05) is 18.2 Å². The number of carbonyl (C=O) groups excluding carboxylic acids is 1. The van der Waals surface area contributed by atoms with Crippen LogP contribution in [0.4, 0.5) is 5.69 Å². The third kappa shape index (κ3) is 2.96. The van der Waals surface area contributed by atoms with Crippen LogP contribution < -0.4 is 45.8 Å². The number of hydrogen-bond donors (Lipinski definition) is 2. The minimum atomic E-state index is -0.728. The summed E-state index contributed by atoms with van der Waals surface area (Å²) in [6.07, 6.45) is 0. The third-order valence-corrected chi connectivity index (χ3v) is 1.90. The molecule has 0 aliphatic heterocycles. The van der Waals surface area contributed by atoms with Crippen molar-refractivity contribution in [2.45, 2.75) is 0 Å². The average Bonchev–Trinajstić information content (AvgIpc) is 2.61. The van der Waals surface area contributed by atoms with Crippen molar-refractivity contribution in [3.63, 3.8) is 0 Å². The molecule has 1 amide bonds. The van der Waals surface area contributed by atoms with E-state index in [2.05, 4.69) is 15.6 Å². The molecule has 0 fully saturated rings. The Hall–Kier alpha value is -1.57. The molecule has 0 aliphatic rings. The second-order valence-electron chi connectivity index (χ2n) is 3.01. The Labute approximate surface area is 119 Å². The first kappa shape index (κ1) is 13.5. The minimum absolute atomic E-state index is 0. The Morgan fingerprint density at radius 2 is 2.00 bits per heavy atom. The molecule has 0 saturated heterocycles. The molecule has 17 heavy (non-hydrogen) atoms. The van der Waals surface area contributed by atoms with Crippen molar-refractivity contribution in [3.8, 4) is 5.88 Å². The van der Waals surface area contributed by atoms with Gasteiger partial charge in [-0.3, -0.25) is 4.79 Å². The van der Waals surface area contributed by atoms with E-state index in [1.165, 1.54) is 0 Å². The zero-order chi connectivity index (χ0) is 11.5. The summed E-state index contributed by atoms with van der Waals surface area (Å²) in [5.74, 6) is 3.76. The number of para-hydroxylation sites is 1. The fourth-order valence-corrected chi connectivity index (χ4v) is 1.14. The summed E-state index contributed by atoms with van der Waals surface area (Å²) in [5.41, 5.74) is 0.241. The van der Waals surface area contributed by atoms with Gasteiger partial charge in [-0.25, -0.2) is 0 Å². The van der Waals surface area contributed by atoms with E-state index in [1.807, 2.05) is 6.07 Å². The molecular weight excluding hydrogens is 233 g/mol. The number of amides is 1. The number of nitrogens with two attached hydrogens (primary N) is 1. The molecule has 2 aromatic rings. The molecule has 0 aliphatic carbocycles. The molecular formula is C9H8N5NaO2. The van der Waals surface area contributed by atoms with Crippen LogP contribution in [0.2, 0.25) is 0 Å². The number of rotatable bonds is 2. The van der Waals surface area contributed by atoms with E-state index >= 15 is 0 Å². The molecule has 1 aromatic heterocycles. The predicted octanol–water partition coefficient (Wildman–Crippen LogP) is -3.68. The van der Waals surface area contributed by atoms with Gasteiger partial charge in [0, 0.05) is 11.6 Å². The van der Waals surface area contributed by atoms with Crippen molar-refractivity contribution in [2.24, 2.45) is 0 Å². The standard InChI is InChI=1S/C9H9N5O2.Na/c10-14-9(16)7(12-13-14)8(15)11-6-4-2-1-3-5-6;/h1-5,16H,10H2,(H,11,15);/q;+1/p-1. The van der Waals surface area contributed by atoms with Gasteiger partial charge in [0.15, 0.2) is 5.69 Å². The number of nitrogens with one attached hydrogen (secondary N) is 1. The first-order valence-corrected chi connectivity index (χ1v) is 4.42. The minimum Gasteiger partial charge on any atom is -0.856 e. The molecule has 1 heterocycles. The summed E-state index contributed by atoms with van der Waals surface area (Å²) < 4.78 is 0. The van der Waals surface area contributed by atoms with E-state index in [4.69, 9.17) is 5.84 Å². The van der Waals surface area contributed by atoms with Gasteiger partial charge in [0.2, 0.25) is 0 Å². The number of aromatic nitrogens is 3. The molecule has 82 valence electrons. The smallest absolute Gasteiger partial charge is 0.856 e. The van der Waals surface area contributed by atoms with Crippen LogP contribution in [-0.2, 0) is 0 Å². The maximum atomic E-state index is 11.6. The largest absolute Gasteiger partial charge is 1.00 e. The van der Waals surface area contributed by atoms with Crippen LogP contribution in [0, 0.1) is 0 Å². The van der Waals surface area contributed by atoms with E-state index in [-0.39, 0.29) is 35.3 Å². The summed E-state index contributed by atoms with van der Waals surface area (Å²) in [6.45, 7) is 0. The zero-order valence-corrected chi connectivity index (χ0v) is 11.1. The molecule has 0 bridgehead atoms. The number of nitrogen functional groups attached to an aromatic ring is 1. The molecule has 1 aromatic carbocycles. The van der Waals surface area contributed by atoms with Gasteiger partial charge in [0.25, 0.3) is 5.91 Å². The van der Waals surface area contributed by atoms with Crippen LogP contribution in [0.5, 0.6) is 5.88 Å². The summed E-state index contributed by atoms with van der Waals surface area (Å²) in [5, 5.41) is 20.4. The Morgan fingerprint density at radius 1 is 1.35 bits per heavy atom. The SMILES string of the molecule is Nn1nnc(C(=O)Nc2ccccc2)c1[O-].[Na+]. The molecule has 0 atom stereocenters. The normalized spacial score (nSPS) is 9.41. The molecule has 0 unspecified atom stereocenters. The molecule has 8 heteroatoms. The third-order valence-electron chi connectivity index (χ3n) is 1.90. The van der Waals surface area contributed by atoms with E-state index in [0.29, 0.717) is 10.5 Å². The molecule has 2 rings (SSSR count). The van der Waals surface area contributed by atoms with E-state index < -0.39 is 11.8 Å². The maximum Gasteiger partial charge on any atom is 1.00 e.